The number of aromatic nitrogens is 4. The van der Waals surface area contributed by atoms with Crippen molar-refractivity contribution in [1.29, 1.82) is 0 Å². The Balaban J connectivity index is 1.11. The van der Waals surface area contributed by atoms with Gasteiger partial charge in [0.15, 0.2) is 0 Å². The molecule has 6 rings (SSSR count). The third kappa shape index (κ3) is 4.38. The first-order valence-corrected chi connectivity index (χ1v) is 12.5. The molecule has 1 aliphatic carbocycles. The number of carbonyl (C=O) groups is 1. The number of ether oxygens (including phenoxy) is 1. The van der Waals surface area contributed by atoms with Crippen molar-refractivity contribution in [2.45, 2.75) is 32.2 Å². The smallest absolute Gasteiger partial charge is 0.339 e. The van der Waals surface area contributed by atoms with Gasteiger partial charge in [0.2, 0.25) is 0 Å². The molecule has 2 aliphatic rings. The van der Waals surface area contributed by atoms with E-state index in [1.54, 1.807) is 12.5 Å². The summed E-state index contributed by atoms with van der Waals surface area (Å²) in [6, 6.07) is 14.1. The summed E-state index contributed by atoms with van der Waals surface area (Å²) in [6.45, 7) is 5.57. The van der Waals surface area contributed by atoms with E-state index in [0.717, 1.165) is 78.1 Å². The molecule has 1 aliphatic heterocycles. The standard InChI is InChI=1S/C28H30N6O2/c1-18-4-2-5-24(33-18)26-25(31-17-32-26)19-6-7-23-20(10-19)11-21(14-30-23)27(35)36-9-3-8-34-15-28(16-34)12-22(29)13-28/h2,4-7,10-11,14,17,22H,3,8-9,12-13,15-16,29H2,1H3,(H,31,32). The second kappa shape index (κ2) is 9.11. The Morgan fingerprint density at radius 1 is 1.19 bits per heavy atom. The van der Waals surface area contributed by atoms with Crippen LogP contribution < -0.4 is 5.73 Å². The number of H-pyrrole nitrogens is 1. The zero-order chi connectivity index (χ0) is 24.7. The maximum atomic E-state index is 12.7. The van der Waals surface area contributed by atoms with Crippen LogP contribution in [0.2, 0.25) is 0 Å². The molecular weight excluding hydrogens is 452 g/mol. The van der Waals surface area contributed by atoms with E-state index >= 15 is 0 Å². The molecule has 4 aromatic rings. The first-order valence-electron chi connectivity index (χ1n) is 12.5. The van der Waals surface area contributed by atoms with Crippen molar-refractivity contribution in [3.8, 4) is 22.6 Å². The number of benzene rings is 1. The van der Waals surface area contributed by atoms with Gasteiger partial charge in [0.1, 0.15) is 0 Å². The molecule has 8 heteroatoms. The van der Waals surface area contributed by atoms with E-state index in [0.29, 0.717) is 23.6 Å². The topological polar surface area (TPSA) is 110 Å². The van der Waals surface area contributed by atoms with Crippen LogP contribution in [0.15, 0.2) is 55.0 Å². The molecule has 1 saturated carbocycles. The average molecular weight is 483 g/mol. The highest BCUT2D eigenvalue weighted by Crippen LogP contribution is 2.47. The van der Waals surface area contributed by atoms with E-state index in [9.17, 15) is 4.79 Å². The lowest BCUT2D eigenvalue weighted by atomic mass is 9.61. The van der Waals surface area contributed by atoms with Crippen LogP contribution in [0.3, 0.4) is 0 Å². The van der Waals surface area contributed by atoms with Gasteiger partial charge in [-0.3, -0.25) is 9.97 Å². The van der Waals surface area contributed by atoms with Gasteiger partial charge in [0.25, 0.3) is 0 Å². The normalized spacial score (nSPS) is 17.2. The van der Waals surface area contributed by atoms with E-state index in [-0.39, 0.29) is 5.97 Å². The molecule has 0 radical (unpaired) electrons. The van der Waals surface area contributed by atoms with Crippen molar-refractivity contribution in [3.05, 3.63) is 66.2 Å². The van der Waals surface area contributed by atoms with Crippen LogP contribution >= 0.6 is 0 Å². The van der Waals surface area contributed by atoms with Crippen LogP contribution in [0, 0.1) is 12.3 Å². The second-order valence-corrected chi connectivity index (χ2v) is 10.3. The molecule has 0 bridgehead atoms. The van der Waals surface area contributed by atoms with E-state index in [1.165, 1.54) is 0 Å². The largest absolute Gasteiger partial charge is 0.462 e. The molecule has 1 spiro atoms. The van der Waals surface area contributed by atoms with Crippen molar-refractivity contribution >= 4 is 16.9 Å². The minimum absolute atomic E-state index is 0.343. The van der Waals surface area contributed by atoms with Crippen LogP contribution in [0.25, 0.3) is 33.5 Å². The Labute approximate surface area is 209 Å². The lowest BCUT2D eigenvalue weighted by Crippen LogP contribution is -2.65. The molecule has 3 N–H and O–H groups in total. The molecule has 0 atom stereocenters. The maximum Gasteiger partial charge on any atom is 0.339 e. The Bertz CT molecular complexity index is 1420. The number of hydrogen-bond acceptors (Lipinski definition) is 7. The monoisotopic (exact) mass is 482 g/mol. The van der Waals surface area contributed by atoms with Crippen molar-refractivity contribution in [2.75, 3.05) is 26.2 Å². The summed E-state index contributed by atoms with van der Waals surface area (Å²) in [5, 5.41) is 0.859. The van der Waals surface area contributed by atoms with Gasteiger partial charge in [-0.15, -0.1) is 0 Å². The SMILES string of the molecule is Cc1cccc(-c2[nH]cnc2-c2ccc3ncc(C(=O)OCCCN4CC5(CC(N)C5)C4)cc3c2)n1. The summed E-state index contributed by atoms with van der Waals surface area (Å²) in [5.74, 6) is -0.343. The summed E-state index contributed by atoms with van der Waals surface area (Å²) in [5.41, 5.74) is 12.0. The highest BCUT2D eigenvalue weighted by molar-refractivity contribution is 5.95. The number of pyridine rings is 2. The van der Waals surface area contributed by atoms with Crippen LogP contribution in [0.1, 0.15) is 35.3 Å². The van der Waals surface area contributed by atoms with Crippen molar-refractivity contribution < 1.29 is 9.53 Å². The van der Waals surface area contributed by atoms with Gasteiger partial charge < -0.3 is 20.4 Å². The Morgan fingerprint density at radius 2 is 2.06 bits per heavy atom. The Morgan fingerprint density at radius 3 is 2.86 bits per heavy atom. The zero-order valence-corrected chi connectivity index (χ0v) is 20.4. The molecule has 0 unspecified atom stereocenters. The van der Waals surface area contributed by atoms with Crippen LogP contribution in [-0.4, -0.2) is 63.1 Å². The molecule has 184 valence electrons. The number of aryl methyl sites for hydroxylation is 1. The molecule has 36 heavy (non-hydrogen) atoms. The Hall–Kier alpha value is -3.62. The predicted molar refractivity (Wildman–Crippen MR) is 138 cm³/mol. The number of nitrogens with one attached hydrogen (secondary N) is 1. The minimum atomic E-state index is -0.343. The number of nitrogens with two attached hydrogens (primary N) is 1. The number of carbonyl (C=O) groups excluding carboxylic acids is 1. The first-order chi connectivity index (χ1) is 17.5. The van der Waals surface area contributed by atoms with Crippen molar-refractivity contribution in [3.63, 3.8) is 0 Å². The number of rotatable bonds is 7. The van der Waals surface area contributed by atoms with E-state index < -0.39 is 0 Å². The van der Waals surface area contributed by atoms with Gasteiger partial charge >= 0.3 is 5.97 Å². The van der Waals surface area contributed by atoms with Crippen molar-refractivity contribution in [1.82, 2.24) is 24.8 Å². The molecule has 0 amide bonds. The number of fused-ring (bicyclic) bond motifs is 1. The van der Waals surface area contributed by atoms with Gasteiger partial charge in [-0.1, -0.05) is 12.1 Å². The third-order valence-corrected chi connectivity index (χ3v) is 7.33. The summed E-state index contributed by atoms with van der Waals surface area (Å²) >= 11 is 0. The third-order valence-electron chi connectivity index (χ3n) is 7.33. The van der Waals surface area contributed by atoms with Gasteiger partial charge in [-0.25, -0.2) is 9.78 Å². The van der Waals surface area contributed by atoms with Crippen LogP contribution in [-0.2, 0) is 4.74 Å². The molecule has 8 nitrogen and oxygen atoms in total. The van der Waals surface area contributed by atoms with Gasteiger partial charge in [0.05, 0.1) is 41.1 Å². The molecular formula is C28H30N6O2. The fourth-order valence-corrected chi connectivity index (χ4v) is 5.69. The summed E-state index contributed by atoms with van der Waals surface area (Å²) < 4.78 is 5.54. The van der Waals surface area contributed by atoms with Crippen LogP contribution in [0.5, 0.6) is 0 Å². The number of likely N-dealkylation sites (tertiary alicyclic amines) is 1. The van der Waals surface area contributed by atoms with E-state index in [2.05, 4.69) is 24.8 Å². The molecule has 3 aromatic heterocycles. The summed E-state index contributed by atoms with van der Waals surface area (Å²) in [4.78, 5) is 31.9. The highest BCUT2D eigenvalue weighted by atomic mass is 16.5. The number of hydrogen-bond donors (Lipinski definition) is 2. The number of imidazole rings is 1. The molecule has 2 fully saturated rings. The van der Waals surface area contributed by atoms with Crippen molar-refractivity contribution in [2.24, 2.45) is 11.1 Å². The summed E-state index contributed by atoms with van der Waals surface area (Å²) in [6.07, 6.45) is 6.39. The Kier molecular flexibility index (Phi) is 5.78. The van der Waals surface area contributed by atoms with Crippen LogP contribution in [0.4, 0.5) is 0 Å². The average Bonchev–Trinajstić information content (AvgIpc) is 3.33. The first kappa shape index (κ1) is 22.8. The maximum absolute atomic E-state index is 12.7. The quantitative estimate of drug-likeness (QED) is 0.303. The fourth-order valence-electron chi connectivity index (χ4n) is 5.69. The van der Waals surface area contributed by atoms with Gasteiger partial charge in [-0.2, -0.15) is 0 Å². The summed E-state index contributed by atoms with van der Waals surface area (Å²) in [7, 11) is 0. The van der Waals surface area contributed by atoms with Gasteiger partial charge in [0, 0.05) is 48.5 Å². The van der Waals surface area contributed by atoms with Gasteiger partial charge in [-0.05, 0) is 61.9 Å². The number of aromatic amines is 1. The zero-order valence-electron chi connectivity index (χ0n) is 20.4. The van der Waals surface area contributed by atoms with E-state index in [4.69, 9.17) is 10.5 Å². The molecule has 4 heterocycles. The lowest BCUT2D eigenvalue weighted by Gasteiger charge is -2.58. The second-order valence-electron chi connectivity index (χ2n) is 10.3. The number of esters is 1. The molecule has 1 saturated heterocycles. The molecule has 1 aromatic carbocycles. The predicted octanol–water partition coefficient (Wildman–Crippen LogP) is 3.97. The number of nitrogens with zero attached hydrogens (tertiary/aromatic N) is 4. The lowest BCUT2D eigenvalue weighted by molar-refractivity contribution is -0.0723. The minimum Gasteiger partial charge on any atom is -0.462 e. The van der Waals surface area contributed by atoms with E-state index in [1.807, 2.05) is 49.4 Å². The fraction of sp³-hybridized carbons (Fsp3) is 0.357. The highest BCUT2D eigenvalue weighted by Gasteiger charge is 2.50.